The van der Waals surface area contributed by atoms with Crippen molar-refractivity contribution in [2.24, 2.45) is 0 Å². The van der Waals surface area contributed by atoms with Crippen molar-refractivity contribution in [1.82, 2.24) is 14.1 Å². The van der Waals surface area contributed by atoms with E-state index in [2.05, 4.69) is 331 Å². The molecule has 2 aliphatic heterocycles. The fourth-order valence-electron chi connectivity index (χ4n) is 14.4. The molecule has 0 spiro atoms. The fraction of sp³-hybridized carbons (Fsp3) is 0.153. The Labute approximate surface area is 554 Å². The second-order valence-electron chi connectivity index (χ2n) is 26.6. The van der Waals surface area contributed by atoms with E-state index in [-0.39, 0.29) is 38.3 Å². The predicted molar refractivity (Wildman–Crippen MR) is 380 cm³/mol. The number of nitrogens with zero attached hydrogens (tertiary/aromatic N) is 5. The zero-order chi connectivity index (χ0) is 62.0. The summed E-state index contributed by atoms with van der Waals surface area (Å²) in [4.78, 5) is 9.89. The van der Waals surface area contributed by atoms with Crippen LogP contribution >= 0.6 is 0 Å². The molecular formula is C85H70N5OPt-3. The molecule has 11 aromatic carbocycles. The molecule has 0 fully saturated rings. The molecule has 0 atom stereocenters. The summed E-state index contributed by atoms with van der Waals surface area (Å²) in [7, 11) is 0. The summed E-state index contributed by atoms with van der Waals surface area (Å²) in [5.41, 5.74) is 26.1. The van der Waals surface area contributed by atoms with Crippen LogP contribution in [0.25, 0.3) is 111 Å². The molecule has 6 nitrogen and oxygen atoms in total. The Morgan fingerprint density at radius 2 is 1.05 bits per heavy atom. The number of para-hydroxylation sites is 5. The molecule has 7 heteroatoms. The molecule has 3 aromatic heterocycles. The summed E-state index contributed by atoms with van der Waals surface area (Å²) < 4.78 is 12.2. The number of pyridine rings is 1. The summed E-state index contributed by atoms with van der Waals surface area (Å²) in [5, 5.41) is 4.66. The van der Waals surface area contributed by atoms with Crippen molar-refractivity contribution in [3.05, 3.63) is 278 Å². The summed E-state index contributed by atoms with van der Waals surface area (Å²) in [6, 6.07) is 92.1. The van der Waals surface area contributed by atoms with Crippen LogP contribution in [0.5, 0.6) is 11.5 Å². The van der Waals surface area contributed by atoms with Gasteiger partial charge in [0.25, 0.3) is 0 Å². The molecule has 0 saturated carbocycles. The van der Waals surface area contributed by atoms with E-state index in [1.54, 1.807) is 0 Å². The van der Waals surface area contributed by atoms with Gasteiger partial charge in [0, 0.05) is 94.4 Å². The SMILES string of the molecule is CC(C)c1cc(C(C)C)c(-c2cc(Oc3[c-]c4c(cc3)c3c5c(ccc3n4-c3cc(C(C)(C)C)ccn3)-n3c4ccccc4c4cccc(c43)-c3ccccc3-5)[c-]c(N3[CH-]N(c4c(-c5ccccc5)cccc4-c4ccccc4)c4ccccc43)c2)c(C(C)C)c1.[Pt]. The molecule has 0 bridgehead atoms. The van der Waals surface area contributed by atoms with Crippen LogP contribution in [0.1, 0.15) is 102 Å². The van der Waals surface area contributed by atoms with E-state index in [1.165, 1.54) is 71.9 Å². The Morgan fingerprint density at radius 3 is 1.74 bits per heavy atom. The third-order valence-corrected chi connectivity index (χ3v) is 18.9. The maximum absolute atomic E-state index is 7.43. The molecule has 0 amide bonds. The standard InChI is InChI=1S/C85H70N5O.Pt/c1-52(2)57-46-71(53(3)4)80(72(47-57)54(5)6)58-44-60(87-51-88(75-37-21-20-36-74(75)87)83-63(55-24-12-10-13-25-55)31-22-32-64(83)56-26-14-11-15-27-56)49-62(45-58)91-61-38-39-70-78(50-61)89(79-48-59(42-43-86-79)85(7,8)9)76-40-41-77-81(82(70)76)67-30-17-16-28-65(67)68-33-23-34-69-66-29-18-19-35-73(66)90(77)84(68)69;/h10-48,51-54H,1-9H3;/q-3;. The third-order valence-electron chi connectivity index (χ3n) is 18.9. The van der Waals surface area contributed by atoms with Gasteiger partial charge in [0.15, 0.2) is 0 Å². The molecule has 0 N–H and O–H groups in total. The monoisotopic (exact) mass is 1370 g/mol. The van der Waals surface area contributed by atoms with Crippen LogP contribution in [-0.4, -0.2) is 14.1 Å². The van der Waals surface area contributed by atoms with Gasteiger partial charge in [0.1, 0.15) is 5.82 Å². The quantitative estimate of drug-likeness (QED) is 0.121. The Bertz CT molecular complexity index is 5130. The van der Waals surface area contributed by atoms with Gasteiger partial charge in [-0.2, -0.15) is 6.07 Å². The molecule has 5 heterocycles. The average molecular weight is 1370 g/mol. The first-order chi connectivity index (χ1) is 44.3. The van der Waals surface area contributed by atoms with E-state index in [9.17, 15) is 0 Å². The van der Waals surface area contributed by atoms with E-state index < -0.39 is 0 Å². The van der Waals surface area contributed by atoms with E-state index >= 15 is 0 Å². The van der Waals surface area contributed by atoms with Crippen LogP contribution in [0.4, 0.5) is 22.7 Å². The topological polar surface area (TPSA) is 38.5 Å². The van der Waals surface area contributed by atoms with Crippen molar-refractivity contribution in [2.45, 2.75) is 85.5 Å². The van der Waals surface area contributed by atoms with E-state index in [4.69, 9.17) is 9.72 Å². The maximum Gasteiger partial charge on any atom is 0.135 e. The minimum atomic E-state index is -0.130. The number of benzene rings is 11. The van der Waals surface area contributed by atoms with E-state index in [1.807, 2.05) is 6.20 Å². The van der Waals surface area contributed by atoms with Crippen molar-refractivity contribution >= 4 is 66.4 Å². The Morgan fingerprint density at radius 1 is 0.446 bits per heavy atom. The first-order valence-electron chi connectivity index (χ1n) is 32.1. The Kier molecular flexibility index (Phi) is 14.6. The van der Waals surface area contributed by atoms with Crippen LogP contribution in [0.15, 0.2) is 237 Å². The summed E-state index contributed by atoms with van der Waals surface area (Å²) in [5.74, 6) is 2.82. The third kappa shape index (κ3) is 9.59. The number of hydrogen-bond acceptors (Lipinski definition) is 4. The molecular weight excluding hydrogens is 1300 g/mol. The molecule has 14 aromatic rings. The minimum absolute atomic E-state index is 0. The van der Waals surface area contributed by atoms with Gasteiger partial charge in [0.05, 0.1) is 16.7 Å². The minimum Gasteiger partial charge on any atom is -0.509 e. The van der Waals surface area contributed by atoms with Crippen LogP contribution < -0.4 is 14.5 Å². The van der Waals surface area contributed by atoms with Crippen molar-refractivity contribution in [2.75, 3.05) is 9.80 Å². The second kappa shape index (κ2) is 22.9. The van der Waals surface area contributed by atoms with Gasteiger partial charge in [-0.05, 0) is 121 Å². The zero-order valence-corrected chi connectivity index (χ0v) is 55.6. The summed E-state index contributed by atoms with van der Waals surface area (Å²) in [6.07, 6.45) is 1.95. The van der Waals surface area contributed by atoms with Crippen molar-refractivity contribution < 1.29 is 25.8 Å². The number of fused-ring (bicyclic) bond motifs is 13. The maximum atomic E-state index is 7.43. The smallest absolute Gasteiger partial charge is 0.135 e. The van der Waals surface area contributed by atoms with Gasteiger partial charge < -0.3 is 23.7 Å². The first-order valence-corrected chi connectivity index (χ1v) is 32.1. The summed E-state index contributed by atoms with van der Waals surface area (Å²) >= 11 is 0. The van der Waals surface area contributed by atoms with Crippen molar-refractivity contribution in [3.8, 4) is 78.6 Å². The number of ether oxygens (including phenoxy) is 1. The van der Waals surface area contributed by atoms with Gasteiger partial charge in [-0.15, -0.1) is 53.6 Å². The van der Waals surface area contributed by atoms with Crippen LogP contribution in [0.2, 0.25) is 0 Å². The molecule has 0 radical (unpaired) electrons. The van der Waals surface area contributed by atoms with Gasteiger partial charge in [0.2, 0.25) is 0 Å². The number of rotatable bonds is 11. The second-order valence-corrected chi connectivity index (χ2v) is 26.6. The predicted octanol–water partition coefficient (Wildman–Crippen LogP) is 23.4. The Balaban J connectivity index is 0.00000702. The molecule has 0 saturated heterocycles. The van der Waals surface area contributed by atoms with E-state index in [0.717, 1.165) is 83.9 Å². The number of aromatic nitrogens is 3. The van der Waals surface area contributed by atoms with Crippen LogP contribution in [0, 0.1) is 18.8 Å². The van der Waals surface area contributed by atoms with Gasteiger partial charge in [-0.25, -0.2) is 4.98 Å². The molecule has 2 aliphatic rings. The number of anilines is 4. The van der Waals surface area contributed by atoms with Gasteiger partial charge in [-0.1, -0.05) is 232 Å². The normalized spacial score (nSPS) is 12.7. The van der Waals surface area contributed by atoms with E-state index in [0.29, 0.717) is 17.4 Å². The average Bonchev–Trinajstić information content (AvgIpc) is 1.54. The van der Waals surface area contributed by atoms with Crippen LogP contribution in [-0.2, 0) is 26.5 Å². The van der Waals surface area contributed by atoms with Gasteiger partial charge >= 0.3 is 0 Å². The molecule has 0 aliphatic carbocycles. The number of hydrogen-bond donors (Lipinski definition) is 0. The fourth-order valence-corrected chi connectivity index (χ4v) is 14.4. The molecule has 0 unspecified atom stereocenters. The van der Waals surface area contributed by atoms with Crippen molar-refractivity contribution in [3.63, 3.8) is 0 Å². The van der Waals surface area contributed by atoms with Gasteiger partial charge in [-0.3, -0.25) is 0 Å². The van der Waals surface area contributed by atoms with Crippen LogP contribution in [0.3, 0.4) is 0 Å². The molecule has 454 valence electrons. The molecule has 16 rings (SSSR count). The van der Waals surface area contributed by atoms with Crippen molar-refractivity contribution in [1.29, 1.82) is 0 Å². The first kappa shape index (κ1) is 58.6. The summed E-state index contributed by atoms with van der Waals surface area (Å²) in [6.45, 7) is 22.9. The molecule has 92 heavy (non-hydrogen) atoms. The zero-order valence-electron chi connectivity index (χ0n) is 53.3. The Hall–Kier alpha value is -9.74. The largest absolute Gasteiger partial charge is 0.509 e.